The summed E-state index contributed by atoms with van der Waals surface area (Å²) < 4.78 is 7.40. The van der Waals surface area contributed by atoms with Gasteiger partial charge in [-0.1, -0.05) is 18.2 Å². The summed E-state index contributed by atoms with van der Waals surface area (Å²) in [5.41, 5.74) is 0.0408. The van der Waals surface area contributed by atoms with Crippen molar-refractivity contribution in [3.8, 4) is 5.75 Å². The molecule has 26 heavy (non-hydrogen) atoms. The second kappa shape index (κ2) is 6.48. The number of para-hydroxylation sites is 1. The minimum absolute atomic E-state index is 0.0565. The summed E-state index contributed by atoms with van der Waals surface area (Å²) in [7, 11) is 0. The Hall–Kier alpha value is -2.83. The molecule has 2 aliphatic heterocycles. The Morgan fingerprint density at radius 3 is 2.65 bits per heavy atom. The first-order chi connectivity index (χ1) is 12.6. The first kappa shape index (κ1) is 16.6. The molecule has 1 amide bonds. The zero-order valence-corrected chi connectivity index (χ0v) is 14.4. The van der Waals surface area contributed by atoms with Gasteiger partial charge in [-0.25, -0.2) is 4.79 Å². The van der Waals surface area contributed by atoms with Gasteiger partial charge in [0.15, 0.2) is 11.6 Å². The van der Waals surface area contributed by atoms with E-state index in [9.17, 15) is 14.7 Å². The molecule has 0 bridgehead atoms. The van der Waals surface area contributed by atoms with Crippen LogP contribution in [0, 0.1) is 0 Å². The molecule has 1 fully saturated rings. The van der Waals surface area contributed by atoms with Crippen molar-refractivity contribution in [3.63, 3.8) is 0 Å². The molecule has 1 saturated heterocycles. The van der Waals surface area contributed by atoms with Crippen LogP contribution in [0.3, 0.4) is 0 Å². The number of aromatic nitrogens is 2. The molecule has 0 spiro atoms. The largest absolute Gasteiger partial charge is 0.480 e. The zero-order valence-electron chi connectivity index (χ0n) is 14.4. The van der Waals surface area contributed by atoms with Crippen LogP contribution >= 0.6 is 0 Å². The van der Waals surface area contributed by atoms with Gasteiger partial charge in [0.1, 0.15) is 5.75 Å². The van der Waals surface area contributed by atoms with Gasteiger partial charge < -0.3 is 14.7 Å². The van der Waals surface area contributed by atoms with Crippen LogP contribution in [0.15, 0.2) is 42.7 Å². The lowest BCUT2D eigenvalue weighted by Crippen LogP contribution is -2.54. The molecule has 7 heteroatoms. The van der Waals surface area contributed by atoms with Gasteiger partial charge >= 0.3 is 5.97 Å². The molecule has 2 aromatic rings. The summed E-state index contributed by atoms with van der Waals surface area (Å²) in [6.45, 7) is 0.763. The van der Waals surface area contributed by atoms with Crippen LogP contribution in [-0.2, 0) is 21.5 Å². The van der Waals surface area contributed by atoms with Crippen LogP contribution in [-0.4, -0.2) is 50.9 Å². The number of aryl methyl sites for hydroxylation is 1. The van der Waals surface area contributed by atoms with Gasteiger partial charge in [-0.05, 0) is 30.5 Å². The number of carbonyl (C=O) groups excluding carboxylic acids is 1. The minimum atomic E-state index is -1.08. The Labute approximate surface area is 151 Å². The first-order valence-electron chi connectivity index (χ1n) is 8.87. The first-order valence-corrected chi connectivity index (χ1v) is 8.87. The third kappa shape index (κ3) is 2.73. The van der Waals surface area contributed by atoms with Gasteiger partial charge in [-0.15, -0.1) is 0 Å². The quantitative estimate of drug-likeness (QED) is 0.905. The number of hydrogen-bond donors (Lipinski definition) is 1. The van der Waals surface area contributed by atoms with Crippen LogP contribution in [0.5, 0.6) is 5.75 Å². The molecule has 3 heterocycles. The number of amides is 1. The number of hydrogen-bond acceptors (Lipinski definition) is 4. The van der Waals surface area contributed by atoms with E-state index in [4.69, 9.17) is 4.74 Å². The molecular formula is C19H21N3O4. The molecule has 1 N–H and O–H groups in total. The number of carbonyl (C=O) groups is 2. The van der Waals surface area contributed by atoms with Gasteiger partial charge in [0.05, 0.1) is 0 Å². The Bertz CT molecular complexity index is 810. The predicted octanol–water partition coefficient (Wildman–Crippen LogP) is 1.68. The number of nitrogens with zero attached hydrogens (tertiary/aromatic N) is 3. The molecular weight excluding hydrogens is 334 g/mol. The second-order valence-electron chi connectivity index (χ2n) is 6.87. The molecule has 1 aromatic carbocycles. The standard InChI is InChI=1S/C19H21N3O4/c23-17(16-7-6-14-4-1-2-5-15(14)26-16)21-12-8-19(9-13-21,18(24)25)22-11-3-10-20-22/h1-5,10-11,16H,6-9,12-13H2,(H,24,25). The molecule has 4 rings (SSSR count). The summed E-state index contributed by atoms with van der Waals surface area (Å²) in [6.07, 6.45) is 4.88. The van der Waals surface area contributed by atoms with Gasteiger partial charge in [-0.2, -0.15) is 5.10 Å². The topological polar surface area (TPSA) is 84.7 Å². The molecule has 7 nitrogen and oxygen atoms in total. The monoisotopic (exact) mass is 355 g/mol. The van der Waals surface area contributed by atoms with Crippen LogP contribution in [0.1, 0.15) is 24.8 Å². The SMILES string of the molecule is O=C(C1CCc2ccccc2O1)N1CCC(C(=O)O)(n2cccn2)CC1. The summed E-state index contributed by atoms with van der Waals surface area (Å²) >= 11 is 0. The lowest BCUT2D eigenvalue weighted by Gasteiger charge is -2.40. The van der Waals surface area contributed by atoms with E-state index in [1.54, 1.807) is 23.4 Å². The maximum Gasteiger partial charge on any atom is 0.331 e. The van der Waals surface area contributed by atoms with E-state index < -0.39 is 17.6 Å². The van der Waals surface area contributed by atoms with Gasteiger partial charge in [0.2, 0.25) is 0 Å². The molecule has 1 unspecified atom stereocenters. The number of carboxylic acids is 1. The fourth-order valence-electron chi connectivity index (χ4n) is 3.86. The molecule has 1 aromatic heterocycles. The van der Waals surface area contributed by atoms with Crippen molar-refractivity contribution in [2.45, 2.75) is 37.3 Å². The summed E-state index contributed by atoms with van der Waals surface area (Å²) in [4.78, 5) is 26.5. The lowest BCUT2D eigenvalue weighted by molar-refractivity contribution is -0.155. The van der Waals surface area contributed by atoms with Gasteiger partial charge in [-0.3, -0.25) is 9.48 Å². The highest BCUT2D eigenvalue weighted by Gasteiger charge is 2.45. The molecule has 0 radical (unpaired) electrons. The van der Waals surface area contributed by atoms with E-state index in [1.807, 2.05) is 24.3 Å². The molecule has 0 saturated carbocycles. The fourth-order valence-corrected chi connectivity index (χ4v) is 3.86. The Balaban J connectivity index is 1.45. The number of benzene rings is 1. The number of piperidine rings is 1. The maximum atomic E-state index is 12.9. The smallest absolute Gasteiger partial charge is 0.331 e. The van der Waals surface area contributed by atoms with Crippen molar-refractivity contribution >= 4 is 11.9 Å². The highest BCUT2D eigenvalue weighted by Crippen LogP contribution is 2.32. The second-order valence-corrected chi connectivity index (χ2v) is 6.87. The van der Waals surface area contributed by atoms with Crippen molar-refractivity contribution in [1.29, 1.82) is 0 Å². The Morgan fingerprint density at radius 2 is 1.96 bits per heavy atom. The van der Waals surface area contributed by atoms with E-state index in [2.05, 4.69) is 5.10 Å². The lowest BCUT2D eigenvalue weighted by atomic mass is 9.87. The number of carboxylic acid groups (broad SMARTS) is 1. The van der Waals surface area contributed by atoms with Gasteiger partial charge in [0, 0.05) is 38.3 Å². The summed E-state index contributed by atoms with van der Waals surface area (Å²) in [6, 6.07) is 9.49. The average Bonchev–Trinajstić information content (AvgIpc) is 3.22. The highest BCUT2D eigenvalue weighted by atomic mass is 16.5. The van der Waals surface area contributed by atoms with Gasteiger partial charge in [0.25, 0.3) is 5.91 Å². The van der Waals surface area contributed by atoms with Crippen molar-refractivity contribution in [3.05, 3.63) is 48.3 Å². The summed E-state index contributed by atoms with van der Waals surface area (Å²) in [5, 5.41) is 13.9. The Morgan fingerprint density at radius 1 is 1.19 bits per heavy atom. The number of likely N-dealkylation sites (tertiary alicyclic amines) is 1. The van der Waals surface area contributed by atoms with E-state index in [1.165, 1.54) is 4.68 Å². The minimum Gasteiger partial charge on any atom is -0.480 e. The number of rotatable bonds is 3. The van der Waals surface area contributed by atoms with Crippen LogP contribution in [0.4, 0.5) is 0 Å². The van der Waals surface area contributed by atoms with Crippen molar-refractivity contribution in [2.75, 3.05) is 13.1 Å². The molecule has 2 aliphatic rings. The van der Waals surface area contributed by atoms with Crippen molar-refractivity contribution in [2.24, 2.45) is 0 Å². The van der Waals surface area contributed by atoms with Crippen LogP contribution in [0.25, 0.3) is 0 Å². The fraction of sp³-hybridized carbons (Fsp3) is 0.421. The number of fused-ring (bicyclic) bond motifs is 1. The molecule has 136 valence electrons. The van der Waals surface area contributed by atoms with Crippen molar-refractivity contribution < 1.29 is 19.4 Å². The zero-order chi connectivity index (χ0) is 18.1. The number of aliphatic carboxylic acids is 1. The Kier molecular flexibility index (Phi) is 4.14. The predicted molar refractivity (Wildman–Crippen MR) is 92.8 cm³/mol. The van der Waals surface area contributed by atoms with Crippen LogP contribution < -0.4 is 4.74 Å². The maximum absolute atomic E-state index is 12.9. The summed E-state index contributed by atoms with van der Waals surface area (Å²) in [5.74, 6) is -0.194. The third-order valence-corrected chi connectivity index (χ3v) is 5.44. The number of ether oxygens (including phenoxy) is 1. The van der Waals surface area contributed by atoms with E-state index in [0.717, 1.165) is 17.7 Å². The molecule has 0 aliphatic carbocycles. The van der Waals surface area contributed by atoms with Crippen LogP contribution in [0.2, 0.25) is 0 Å². The average molecular weight is 355 g/mol. The normalized spacial score (nSPS) is 21.5. The molecule has 1 atom stereocenters. The van der Waals surface area contributed by atoms with E-state index in [0.29, 0.717) is 32.4 Å². The van der Waals surface area contributed by atoms with E-state index in [-0.39, 0.29) is 5.91 Å². The van der Waals surface area contributed by atoms with Crippen molar-refractivity contribution in [1.82, 2.24) is 14.7 Å². The van der Waals surface area contributed by atoms with E-state index >= 15 is 0 Å². The third-order valence-electron chi connectivity index (χ3n) is 5.44. The highest BCUT2D eigenvalue weighted by molar-refractivity contribution is 5.83.